The van der Waals surface area contributed by atoms with Gasteiger partial charge in [-0.3, -0.25) is 0 Å². The average Bonchev–Trinajstić information content (AvgIpc) is 2.39. The predicted molar refractivity (Wildman–Crippen MR) is 80.1 cm³/mol. The molecule has 2 N–H and O–H groups in total. The highest BCUT2D eigenvalue weighted by molar-refractivity contribution is 7.89. The Balaban J connectivity index is 2.53. The molecular formula is C14H23NO5S. The van der Waals surface area contributed by atoms with Crippen LogP contribution in [0.25, 0.3) is 0 Å². The highest BCUT2D eigenvalue weighted by Crippen LogP contribution is 2.26. The number of ether oxygens (including phenoxy) is 3. The molecule has 21 heavy (non-hydrogen) atoms. The number of rotatable bonds is 9. The summed E-state index contributed by atoms with van der Waals surface area (Å²) in [5.74, 6) is 0.694. The molecule has 0 atom stereocenters. The lowest BCUT2D eigenvalue weighted by atomic mass is 10.1. The molecule has 0 aromatic heterocycles. The van der Waals surface area contributed by atoms with Crippen LogP contribution in [0.15, 0.2) is 17.0 Å². The van der Waals surface area contributed by atoms with Gasteiger partial charge in [0.2, 0.25) is 10.0 Å². The first kappa shape index (κ1) is 17.9. The standard InChI is InChI=1S/C14H23NO5S/c1-11-9-13(21(15,16)17)10-12(2)14(11)20-6-4-5-19-8-7-18-3/h9-10H,4-8H2,1-3H3,(H2,15,16,17). The fourth-order valence-corrected chi connectivity index (χ4v) is 2.56. The Bertz CT molecular complexity index is 533. The Morgan fingerprint density at radius 3 is 2.19 bits per heavy atom. The first-order chi connectivity index (χ1) is 9.86. The van der Waals surface area contributed by atoms with Crippen molar-refractivity contribution >= 4 is 10.0 Å². The first-order valence-electron chi connectivity index (χ1n) is 6.69. The monoisotopic (exact) mass is 317 g/mol. The molecule has 0 saturated heterocycles. The van der Waals surface area contributed by atoms with Crippen molar-refractivity contribution in [3.8, 4) is 5.75 Å². The fourth-order valence-electron chi connectivity index (χ4n) is 1.88. The molecule has 6 nitrogen and oxygen atoms in total. The second kappa shape index (κ2) is 8.33. The van der Waals surface area contributed by atoms with E-state index in [2.05, 4.69) is 0 Å². The summed E-state index contributed by atoms with van der Waals surface area (Å²) in [6, 6.07) is 3.04. The molecule has 1 aromatic rings. The van der Waals surface area contributed by atoms with Gasteiger partial charge in [0.25, 0.3) is 0 Å². The van der Waals surface area contributed by atoms with Crippen molar-refractivity contribution in [1.29, 1.82) is 0 Å². The van der Waals surface area contributed by atoms with E-state index >= 15 is 0 Å². The van der Waals surface area contributed by atoms with Gasteiger partial charge in [0, 0.05) is 20.1 Å². The third kappa shape index (κ3) is 6.01. The molecule has 0 unspecified atom stereocenters. The van der Waals surface area contributed by atoms with Gasteiger partial charge in [0.05, 0.1) is 24.7 Å². The molecule has 7 heteroatoms. The van der Waals surface area contributed by atoms with Crippen LogP contribution in [0.2, 0.25) is 0 Å². The minimum atomic E-state index is -3.69. The highest BCUT2D eigenvalue weighted by Gasteiger charge is 2.13. The average molecular weight is 317 g/mol. The zero-order valence-electron chi connectivity index (χ0n) is 12.7. The summed E-state index contributed by atoms with van der Waals surface area (Å²) < 4.78 is 38.6. The maximum Gasteiger partial charge on any atom is 0.238 e. The lowest BCUT2D eigenvalue weighted by molar-refractivity contribution is 0.0643. The van der Waals surface area contributed by atoms with Gasteiger partial charge >= 0.3 is 0 Å². The van der Waals surface area contributed by atoms with E-state index in [9.17, 15) is 8.42 Å². The second-order valence-electron chi connectivity index (χ2n) is 4.74. The molecule has 0 aliphatic carbocycles. The molecule has 0 aliphatic heterocycles. The largest absolute Gasteiger partial charge is 0.493 e. The Morgan fingerprint density at radius 1 is 1.05 bits per heavy atom. The Morgan fingerprint density at radius 2 is 1.67 bits per heavy atom. The lowest BCUT2D eigenvalue weighted by Crippen LogP contribution is -2.13. The summed E-state index contributed by atoms with van der Waals surface area (Å²) in [6.07, 6.45) is 0.750. The molecule has 0 spiro atoms. The van der Waals surface area contributed by atoms with Crippen molar-refractivity contribution in [3.05, 3.63) is 23.3 Å². The van der Waals surface area contributed by atoms with E-state index in [1.165, 1.54) is 12.1 Å². The zero-order valence-corrected chi connectivity index (χ0v) is 13.5. The summed E-state index contributed by atoms with van der Waals surface area (Å²) in [7, 11) is -2.06. The van der Waals surface area contributed by atoms with Gasteiger partial charge in [-0.05, 0) is 37.1 Å². The van der Waals surface area contributed by atoms with Gasteiger partial charge in [-0.1, -0.05) is 0 Å². The van der Waals surface area contributed by atoms with Crippen LogP contribution in [0.3, 0.4) is 0 Å². The molecule has 0 heterocycles. The number of methoxy groups -OCH3 is 1. The predicted octanol–water partition coefficient (Wildman–Crippen LogP) is 1.38. The molecule has 0 saturated carbocycles. The van der Waals surface area contributed by atoms with Crippen LogP contribution < -0.4 is 9.88 Å². The van der Waals surface area contributed by atoms with Crippen molar-refractivity contribution in [2.75, 3.05) is 33.5 Å². The quantitative estimate of drug-likeness (QED) is 0.695. The summed E-state index contributed by atoms with van der Waals surface area (Å²) in [6.45, 7) is 5.84. The highest BCUT2D eigenvalue weighted by atomic mass is 32.2. The molecular weight excluding hydrogens is 294 g/mol. The van der Waals surface area contributed by atoms with E-state index in [1.54, 1.807) is 21.0 Å². The lowest BCUT2D eigenvalue weighted by Gasteiger charge is -2.13. The van der Waals surface area contributed by atoms with Gasteiger partial charge in [-0.2, -0.15) is 0 Å². The van der Waals surface area contributed by atoms with Crippen LogP contribution >= 0.6 is 0 Å². The van der Waals surface area contributed by atoms with E-state index in [-0.39, 0.29) is 4.90 Å². The molecule has 1 aromatic carbocycles. The van der Waals surface area contributed by atoms with Gasteiger partial charge in [-0.25, -0.2) is 13.6 Å². The van der Waals surface area contributed by atoms with Crippen LogP contribution in [0.1, 0.15) is 17.5 Å². The number of benzene rings is 1. The zero-order chi connectivity index (χ0) is 15.9. The number of hydrogen-bond acceptors (Lipinski definition) is 5. The van der Waals surface area contributed by atoms with E-state index in [4.69, 9.17) is 19.3 Å². The fraction of sp³-hybridized carbons (Fsp3) is 0.571. The second-order valence-corrected chi connectivity index (χ2v) is 6.30. The van der Waals surface area contributed by atoms with E-state index in [1.807, 2.05) is 0 Å². The molecule has 120 valence electrons. The summed E-state index contributed by atoms with van der Waals surface area (Å²) >= 11 is 0. The van der Waals surface area contributed by atoms with Crippen LogP contribution in [0.4, 0.5) is 0 Å². The molecule has 0 fully saturated rings. The van der Waals surface area contributed by atoms with Gasteiger partial charge in [-0.15, -0.1) is 0 Å². The van der Waals surface area contributed by atoms with Crippen LogP contribution in [0, 0.1) is 13.8 Å². The summed E-state index contributed by atoms with van der Waals surface area (Å²) in [4.78, 5) is 0.104. The van der Waals surface area contributed by atoms with E-state index < -0.39 is 10.0 Å². The minimum absolute atomic E-state index is 0.104. The Kier molecular flexibility index (Phi) is 7.10. The maximum absolute atomic E-state index is 11.3. The van der Waals surface area contributed by atoms with Gasteiger partial charge in [0.1, 0.15) is 5.75 Å². The summed E-state index contributed by atoms with van der Waals surface area (Å²) in [5, 5.41) is 5.13. The molecule has 1 rings (SSSR count). The first-order valence-corrected chi connectivity index (χ1v) is 8.24. The minimum Gasteiger partial charge on any atom is -0.493 e. The van der Waals surface area contributed by atoms with Crippen LogP contribution in [-0.4, -0.2) is 42.0 Å². The van der Waals surface area contributed by atoms with Crippen LogP contribution in [-0.2, 0) is 19.5 Å². The smallest absolute Gasteiger partial charge is 0.238 e. The van der Waals surface area contributed by atoms with Crippen molar-refractivity contribution in [3.63, 3.8) is 0 Å². The number of nitrogens with two attached hydrogens (primary N) is 1. The normalized spacial score (nSPS) is 11.6. The maximum atomic E-state index is 11.3. The van der Waals surface area contributed by atoms with Gasteiger partial charge < -0.3 is 14.2 Å². The molecule has 0 radical (unpaired) electrons. The number of sulfonamides is 1. The van der Waals surface area contributed by atoms with Crippen molar-refractivity contribution in [2.45, 2.75) is 25.2 Å². The van der Waals surface area contributed by atoms with E-state index in [0.29, 0.717) is 32.2 Å². The number of hydrogen-bond donors (Lipinski definition) is 1. The van der Waals surface area contributed by atoms with Crippen molar-refractivity contribution in [2.24, 2.45) is 5.14 Å². The Hall–Kier alpha value is -1.15. The SMILES string of the molecule is COCCOCCCOc1c(C)cc(S(N)(=O)=O)cc1C. The van der Waals surface area contributed by atoms with Crippen molar-refractivity contribution in [1.82, 2.24) is 0 Å². The van der Waals surface area contributed by atoms with Gasteiger partial charge in [0.15, 0.2) is 0 Å². The molecule has 0 bridgehead atoms. The number of aryl methyl sites for hydroxylation is 2. The summed E-state index contributed by atoms with van der Waals surface area (Å²) in [5.41, 5.74) is 1.50. The van der Waals surface area contributed by atoms with Crippen molar-refractivity contribution < 1.29 is 22.6 Å². The van der Waals surface area contributed by atoms with E-state index in [0.717, 1.165) is 17.5 Å². The molecule has 0 aliphatic rings. The third-order valence-electron chi connectivity index (χ3n) is 2.87. The Labute approximate surface area is 126 Å². The third-order valence-corrected chi connectivity index (χ3v) is 3.77. The molecule has 0 amide bonds. The van der Waals surface area contributed by atoms with Crippen LogP contribution in [0.5, 0.6) is 5.75 Å². The number of primary sulfonamides is 1. The topological polar surface area (TPSA) is 87.8 Å².